The molecule has 98 valence electrons. The number of methoxy groups -OCH3 is 1. The number of nitrogens with two attached hydrogens (primary N) is 1. The molecule has 2 unspecified atom stereocenters. The van der Waals surface area contributed by atoms with Gasteiger partial charge in [-0.1, -0.05) is 19.1 Å². The van der Waals surface area contributed by atoms with Gasteiger partial charge >= 0.3 is 0 Å². The summed E-state index contributed by atoms with van der Waals surface area (Å²) in [5.74, 6) is 0. The van der Waals surface area contributed by atoms with E-state index in [2.05, 4.69) is 0 Å². The first-order valence-corrected chi connectivity index (χ1v) is 5.39. The summed E-state index contributed by atoms with van der Waals surface area (Å²) in [6.45, 7) is 0.931. The number of alkyl halides is 1. The van der Waals surface area contributed by atoms with Gasteiger partial charge in [-0.15, -0.1) is 0 Å². The second-order valence-electron chi connectivity index (χ2n) is 3.50. The van der Waals surface area contributed by atoms with Crippen LogP contribution in [0.25, 0.3) is 0 Å². The first-order chi connectivity index (χ1) is 8.06. The number of allylic oxidation sites excluding steroid dienone is 1. The predicted molar refractivity (Wildman–Crippen MR) is 64.1 cm³/mol. The maximum atomic E-state index is 12.5. The Morgan fingerprint density at radius 1 is 1.65 bits per heavy atom. The van der Waals surface area contributed by atoms with Crippen molar-refractivity contribution in [2.45, 2.75) is 25.5 Å². The van der Waals surface area contributed by atoms with Crippen LogP contribution in [0.5, 0.6) is 0 Å². The summed E-state index contributed by atoms with van der Waals surface area (Å²) < 4.78 is 17.6. The molecule has 0 radical (unpaired) electrons. The molecular formula is C11H19FN2O3. The maximum absolute atomic E-state index is 12.5. The van der Waals surface area contributed by atoms with Crippen LogP contribution < -0.4 is 5.73 Å². The number of rotatable bonds is 8. The minimum absolute atomic E-state index is 0.275. The molecule has 0 heterocycles. The number of halogens is 1. The summed E-state index contributed by atoms with van der Waals surface area (Å²) >= 11 is 0. The molecule has 2 N–H and O–H groups in total. The van der Waals surface area contributed by atoms with E-state index in [1.54, 1.807) is 6.08 Å². The number of hydrogen-bond acceptors (Lipinski definition) is 4. The van der Waals surface area contributed by atoms with Gasteiger partial charge in [0.2, 0.25) is 6.54 Å². The van der Waals surface area contributed by atoms with Gasteiger partial charge in [-0.05, 0) is 18.1 Å². The Kier molecular flexibility index (Phi) is 8.17. The minimum Gasteiger partial charge on any atom is -0.375 e. The average Bonchev–Trinajstić information content (AvgIpc) is 2.29. The van der Waals surface area contributed by atoms with Gasteiger partial charge in [0.1, 0.15) is 6.67 Å². The van der Waals surface area contributed by atoms with Gasteiger partial charge in [0, 0.05) is 12.0 Å². The first-order valence-electron chi connectivity index (χ1n) is 5.39. The van der Waals surface area contributed by atoms with Crippen molar-refractivity contribution in [1.29, 1.82) is 0 Å². The Morgan fingerprint density at radius 2 is 2.29 bits per heavy atom. The van der Waals surface area contributed by atoms with E-state index in [0.717, 1.165) is 6.42 Å². The monoisotopic (exact) mass is 246 g/mol. The normalized spacial score (nSPS) is 16.1. The fourth-order valence-electron chi connectivity index (χ4n) is 1.43. The average molecular weight is 246 g/mol. The van der Waals surface area contributed by atoms with Crippen molar-refractivity contribution in [2.75, 3.05) is 20.3 Å². The van der Waals surface area contributed by atoms with Gasteiger partial charge in [0.05, 0.1) is 12.1 Å². The lowest BCUT2D eigenvalue weighted by Crippen LogP contribution is -2.39. The van der Waals surface area contributed by atoms with Crippen molar-refractivity contribution >= 4 is 0 Å². The fourth-order valence-corrected chi connectivity index (χ4v) is 1.43. The summed E-state index contributed by atoms with van der Waals surface area (Å²) in [5, 5.41) is 10.2. The number of hydrogen-bond donors (Lipinski definition) is 1. The molecule has 0 spiro atoms. The molecule has 0 bridgehead atoms. The predicted octanol–water partition coefficient (Wildman–Crippen LogP) is 1.47. The van der Waals surface area contributed by atoms with Crippen molar-refractivity contribution < 1.29 is 14.1 Å². The SMILES string of the molecule is CC/C=C(\C=C/C[N+](=O)[O-])C(OC)C(N)CF. The van der Waals surface area contributed by atoms with Gasteiger partial charge < -0.3 is 10.5 Å². The van der Waals surface area contributed by atoms with Crippen molar-refractivity contribution in [3.05, 3.63) is 33.9 Å². The second-order valence-corrected chi connectivity index (χ2v) is 3.50. The Morgan fingerprint density at radius 3 is 2.71 bits per heavy atom. The second kappa shape index (κ2) is 8.83. The molecule has 0 amide bonds. The highest BCUT2D eigenvalue weighted by Gasteiger charge is 2.19. The van der Waals surface area contributed by atoms with Crippen molar-refractivity contribution in [3.63, 3.8) is 0 Å². The summed E-state index contributed by atoms with van der Waals surface area (Å²) in [6.07, 6.45) is 4.92. The Hall–Kier alpha value is -1.27. The zero-order chi connectivity index (χ0) is 13.3. The largest absolute Gasteiger partial charge is 0.375 e. The number of nitrogens with zero attached hydrogens (tertiary/aromatic N) is 1. The third-order valence-electron chi connectivity index (χ3n) is 2.15. The van der Waals surface area contributed by atoms with Crippen LogP contribution in [-0.4, -0.2) is 37.4 Å². The minimum atomic E-state index is -0.766. The van der Waals surface area contributed by atoms with Crippen LogP contribution in [0.1, 0.15) is 13.3 Å². The smallest absolute Gasteiger partial charge is 0.222 e. The van der Waals surface area contributed by atoms with Crippen molar-refractivity contribution in [3.8, 4) is 0 Å². The Balaban J connectivity index is 4.76. The van der Waals surface area contributed by atoms with Crippen LogP contribution in [0.3, 0.4) is 0 Å². The topological polar surface area (TPSA) is 78.4 Å². The summed E-state index contributed by atoms with van der Waals surface area (Å²) in [6, 6.07) is -0.766. The van der Waals surface area contributed by atoms with Gasteiger partial charge in [-0.25, -0.2) is 4.39 Å². The van der Waals surface area contributed by atoms with Crippen molar-refractivity contribution in [1.82, 2.24) is 0 Å². The van der Waals surface area contributed by atoms with E-state index in [0.29, 0.717) is 5.57 Å². The fraction of sp³-hybridized carbons (Fsp3) is 0.636. The van der Waals surface area contributed by atoms with Crippen LogP contribution in [0.15, 0.2) is 23.8 Å². The van der Waals surface area contributed by atoms with E-state index in [1.807, 2.05) is 13.0 Å². The van der Waals surface area contributed by atoms with Gasteiger partial charge in [0.15, 0.2) is 0 Å². The van der Waals surface area contributed by atoms with Crippen LogP contribution in [0.2, 0.25) is 0 Å². The van der Waals surface area contributed by atoms with E-state index in [1.165, 1.54) is 13.2 Å². The molecule has 2 atom stereocenters. The highest BCUT2D eigenvalue weighted by molar-refractivity contribution is 5.25. The molecule has 6 heteroatoms. The maximum Gasteiger partial charge on any atom is 0.222 e. The highest BCUT2D eigenvalue weighted by atomic mass is 19.1. The van der Waals surface area contributed by atoms with Gasteiger partial charge in [-0.3, -0.25) is 10.1 Å². The zero-order valence-corrected chi connectivity index (χ0v) is 10.1. The van der Waals surface area contributed by atoms with Gasteiger partial charge in [0.25, 0.3) is 0 Å². The molecular weight excluding hydrogens is 227 g/mol. The first kappa shape index (κ1) is 15.7. The number of ether oxygens (including phenoxy) is 1. The summed E-state index contributed by atoms with van der Waals surface area (Å²) in [7, 11) is 1.44. The van der Waals surface area contributed by atoms with E-state index in [9.17, 15) is 14.5 Å². The van der Waals surface area contributed by atoms with E-state index < -0.39 is 23.7 Å². The van der Waals surface area contributed by atoms with Crippen LogP contribution in [0, 0.1) is 10.1 Å². The molecule has 0 saturated heterocycles. The third kappa shape index (κ3) is 6.13. The molecule has 0 aliphatic carbocycles. The molecule has 0 aliphatic heterocycles. The molecule has 0 aliphatic rings. The van der Waals surface area contributed by atoms with Crippen LogP contribution >= 0.6 is 0 Å². The van der Waals surface area contributed by atoms with Crippen LogP contribution in [0.4, 0.5) is 4.39 Å². The lowest BCUT2D eigenvalue weighted by atomic mass is 10.0. The molecule has 17 heavy (non-hydrogen) atoms. The molecule has 5 nitrogen and oxygen atoms in total. The molecule has 0 saturated carbocycles. The van der Waals surface area contributed by atoms with E-state index in [4.69, 9.17) is 10.5 Å². The lowest BCUT2D eigenvalue weighted by Gasteiger charge is -2.21. The van der Waals surface area contributed by atoms with Gasteiger partial charge in [-0.2, -0.15) is 0 Å². The lowest BCUT2D eigenvalue weighted by molar-refractivity contribution is -0.468. The molecule has 0 fully saturated rings. The summed E-state index contributed by atoms with van der Waals surface area (Å²) in [4.78, 5) is 9.74. The molecule has 0 aromatic carbocycles. The van der Waals surface area contributed by atoms with E-state index in [-0.39, 0.29) is 6.54 Å². The quantitative estimate of drug-likeness (QED) is 0.399. The van der Waals surface area contributed by atoms with Crippen LogP contribution in [-0.2, 0) is 4.74 Å². The molecule has 0 aromatic rings. The third-order valence-corrected chi connectivity index (χ3v) is 2.15. The van der Waals surface area contributed by atoms with E-state index >= 15 is 0 Å². The molecule has 0 aromatic heterocycles. The Labute approximate surface area is 100 Å². The Bertz CT molecular complexity index is 292. The standard InChI is InChI=1S/C11H19FN2O3/c1-3-5-9(6-4-7-14(15)16)11(17-2)10(13)8-12/h4-6,10-11H,3,7-8,13H2,1-2H3/b6-4-,9-5+. The molecule has 0 rings (SSSR count). The highest BCUT2D eigenvalue weighted by Crippen LogP contribution is 2.13. The summed E-state index contributed by atoms with van der Waals surface area (Å²) in [5.41, 5.74) is 6.25. The van der Waals surface area contributed by atoms with Crippen molar-refractivity contribution in [2.24, 2.45) is 5.73 Å². The number of nitro groups is 1. The zero-order valence-electron chi connectivity index (χ0n) is 10.1.